The van der Waals surface area contributed by atoms with Gasteiger partial charge in [-0.25, -0.2) is 4.98 Å². The Morgan fingerprint density at radius 2 is 1.94 bits per heavy atom. The Labute approximate surface area is 106 Å². The normalized spacial score (nSPS) is 12.0. The predicted molar refractivity (Wildman–Crippen MR) is 73.3 cm³/mol. The van der Waals surface area contributed by atoms with Crippen LogP contribution in [0.25, 0.3) is 10.9 Å². The van der Waals surface area contributed by atoms with Gasteiger partial charge in [-0.3, -0.25) is 0 Å². The van der Waals surface area contributed by atoms with Crippen molar-refractivity contribution in [1.82, 2.24) is 4.98 Å². The van der Waals surface area contributed by atoms with E-state index in [0.29, 0.717) is 0 Å². The number of thioether (sulfide) groups is 1. The zero-order valence-corrected chi connectivity index (χ0v) is 11.2. The molecule has 17 heavy (non-hydrogen) atoms. The van der Waals surface area contributed by atoms with Gasteiger partial charge in [0.05, 0.1) is 12.1 Å². The van der Waals surface area contributed by atoms with E-state index in [1.54, 1.807) is 11.8 Å². The maximum absolute atomic E-state index is 9.42. The number of aromatic nitrogens is 1. The fourth-order valence-corrected chi connectivity index (χ4v) is 2.61. The highest BCUT2D eigenvalue weighted by molar-refractivity contribution is 8.00. The molecule has 2 rings (SSSR count). The van der Waals surface area contributed by atoms with Crippen molar-refractivity contribution in [2.24, 2.45) is 0 Å². The minimum Gasteiger partial charge on any atom is -0.392 e. The summed E-state index contributed by atoms with van der Waals surface area (Å²) >= 11 is 1.70. The van der Waals surface area contributed by atoms with Crippen molar-refractivity contribution in [2.45, 2.75) is 37.2 Å². The lowest BCUT2D eigenvalue weighted by Crippen LogP contribution is -2.08. The topological polar surface area (TPSA) is 33.1 Å². The van der Waals surface area contributed by atoms with E-state index >= 15 is 0 Å². The first-order valence-electron chi connectivity index (χ1n) is 5.68. The first-order valence-corrected chi connectivity index (χ1v) is 6.50. The minimum absolute atomic E-state index is 0.0379. The van der Waals surface area contributed by atoms with Crippen LogP contribution in [0.15, 0.2) is 35.4 Å². The van der Waals surface area contributed by atoms with Gasteiger partial charge in [0.15, 0.2) is 0 Å². The third-order valence-corrected chi connectivity index (χ3v) is 3.50. The van der Waals surface area contributed by atoms with E-state index in [0.717, 1.165) is 21.5 Å². The number of aliphatic hydroxyl groups excluding tert-OH is 1. The molecule has 0 aliphatic heterocycles. The SMILES string of the molecule is CC(C)(C)Sc1nc2ccccc2cc1CO. The molecule has 0 aliphatic carbocycles. The molecule has 0 atom stereocenters. The minimum atomic E-state index is 0.0379. The maximum atomic E-state index is 9.42. The number of hydrogen-bond donors (Lipinski definition) is 1. The van der Waals surface area contributed by atoms with Crippen LogP contribution in [-0.4, -0.2) is 14.8 Å². The molecular weight excluding hydrogens is 230 g/mol. The summed E-state index contributed by atoms with van der Waals surface area (Å²) in [6.45, 7) is 6.48. The van der Waals surface area contributed by atoms with Gasteiger partial charge in [-0.05, 0) is 12.1 Å². The molecule has 0 unspecified atom stereocenters. The number of benzene rings is 1. The number of fused-ring (bicyclic) bond motifs is 1. The highest BCUT2D eigenvalue weighted by atomic mass is 32.2. The molecule has 1 N–H and O–H groups in total. The Hall–Kier alpha value is -1.06. The molecule has 0 aliphatic rings. The molecule has 2 aromatic rings. The second-order valence-corrected chi connectivity index (χ2v) is 6.83. The first kappa shape index (κ1) is 12.4. The van der Waals surface area contributed by atoms with Crippen molar-refractivity contribution in [2.75, 3.05) is 0 Å². The molecule has 0 saturated carbocycles. The van der Waals surface area contributed by atoms with Crippen molar-refractivity contribution in [1.29, 1.82) is 0 Å². The number of pyridine rings is 1. The third-order valence-electron chi connectivity index (χ3n) is 2.34. The van der Waals surface area contributed by atoms with Gasteiger partial charge in [-0.2, -0.15) is 0 Å². The largest absolute Gasteiger partial charge is 0.392 e. The summed E-state index contributed by atoms with van der Waals surface area (Å²) in [7, 11) is 0. The fourth-order valence-electron chi connectivity index (χ4n) is 1.63. The van der Waals surface area contributed by atoms with Crippen LogP contribution in [0.2, 0.25) is 0 Å². The van der Waals surface area contributed by atoms with Crippen molar-refractivity contribution in [3.05, 3.63) is 35.9 Å². The first-order chi connectivity index (χ1) is 7.99. The van der Waals surface area contributed by atoms with Crippen molar-refractivity contribution in [3.8, 4) is 0 Å². The Bertz CT molecular complexity index is 531. The number of nitrogens with zero attached hydrogens (tertiary/aromatic N) is 1. The van der Waals surface area contributed by atoms with Crippen LogP contribution in [0.4, 0.5) is 0 Å². The standard InChI is InChI=1S/C14H17NOS/c1-14(2,3)17-13-11(9-16)8-10-6-4-5-7-12(10)15-13/h4-8,16H,9H2,1-3H3. The van der Waals surface area contributed by atoms with Crippen LogP contribution in [0.5, 0.6) is 0 Å². The van der Waals surface area contributed by atoms with E-state index in [1.165, 1.54) is 0 Å². The highest BCUT2D eigenvalue weighted by Crippen LogP contribution is 2.34. The second kappa shape index (κ2) is 4.67. The molecule has 0 bridgehead atoms. The van der Waals surface area contributed by atoms with Crippen molar-refractivity contribution < 1.29 is 5.11 Å². The molecule has 1 heterocycles. The van der Waals surface area contributed by atoms with Crippen LogP contribution >= 0.6 is 11.8 Å². The lowest BCUT2D eigenvalue weighted by molar-refractivity contribution is 0.278. The van der Waals surface area contributed by atoms with E-state index in [-0.39, 0.29) is 11.4 Å². The van der Waals surface area contributed by atoms with E-state index in [4.69, 9.17) is 0 Å². The van der Waals surface area contributed by atoms with Gasteiger partial charge >= 0.3 is 0 Å². The molecule has 0 spiro atoms. The van der Waals surface area contributed by atoms with Crippen LogP contribution in [-0.2, 0) is 6.61 Å². The molecule has 2 nitrogen and oxygen atoms in total. The summed E-state index contributed by atoms with van der Waals surface area (Å²) in [5, 5.41) is 11.4. The van der Waals surface area contributed by atoms with Gasteiger partial charge in [-0.1, -0.05) is 39.0 Å². The number of hydrogen-bond acceptors (Lipinski definition) is 3. The van der Waals surface area contributed by atoms with E-state index in [1.807, 2.05) is 30.3 Å². The monoisotopic (exact) mass is 247 g/mol. The zero-order chi connectivity index (χ0) is 12.5. The van der Waals surface area contributed by atoms with E-state index in [9.17, 15) is 5.11 Å². The lowest BCUT2D eigenvalue weighted by Gasteiger charge is -2.19. The van der Waals surface area contributed by atoms with Gasteiger partial charge < -0.3 is 5.11 Å². The highest BCUT2D eigenvalue weighted by Gasteiger charge is 2.16. The van der Waals surface area contributed by atoms with Gasteiger partial charge in [0.1, 0.15) is 5.03 Å². The van der Waals surface area contributed by atoms with Gasteiger partial charge in [0, 0.05) is 15.7 Å². The molecule has 0 fully saturated rings. The molecular formula is C14H17NOS. The summed E-state index contributed by atoms with van der Waals surface area (Å²) in [5.41, 5.74) is 1.89. The van der Waals surface area contributed by atoms with Crippen LogP contribution in [0.3, 0.4) is 0 Å². The average Bonchev–Trinajstić information content (AvgIpc) is 2.26. The van der Waals surface area contributed by atoms with Gasteiger partial charge in [-0.15, -0.1) is 11.8 Å². The molecule has 3 heteroatoms. The third kappa shape index (κ3) is 2.99. The quantitative estimate of drug-likeness (QED) is 0.823. The summed E-state index contributed by atoms with van der Waals surface area (Å²) in [5.74, 6) is 0. The van der Waals surface area contributed by atoms with E-state index < -0.39 is 0 Å². The number of aliphatic hydroxyl groups is 1. The molecule has 0 amide bonds. The average molecular weight is 247 g/mol. The summed E-state index contributed by atoms with van der Waals surface area (Å²) < 4.78 is 0.0966. The van der Waals surface area contributed by atoms with Crippen molar-refractivity contribution in [3.63, 3.8) is 0 Å². The predicted octanol–water partition coefficient (Wildman–Crippen LogP) is 3.62. The molecule has 1 aromatic heterocycles. The summed E-state index contributed by atoms with van der Waals surface area (Å²) in [6.07, 6.45) is 0. The van der Waals surface area contributed by atoms with E-state index in [2.05, 4.69) is 25.8 Å². The smallest absolute Gasteiger partial charge is 0.103 e. The fraction of sp³-hybridized carbons (Fsp3) is 0.357. The summed E-state index contributed by atoms with van der Waals surface area (Å²) in [6, 6.07) is 10.0. The molecule has 0 saturated heterocycles. The molecule has 1 aromatic carbocycles. The van der Waals surface area contributed by atoms with Gasteiger partial charge in [0.25, 0.3) is 0 Å². The Morgan fingerprint density at radius 1 is 1.24 bits per heavy atom. The summed E-state index contributed by atoms with van der Waals surface area (Å²) in [4.78, 5) is 4.63. The number of para-hydroxylation sites is 1. The van der Waals surface area contributed by atoms with Crippen LogP contribution in [0.1, 0.15) is 26.3 Å². The van der Waals surface area contributed by atoms with Crippen molar-refractivity contribution >= 4 is 22.7 Å². The Morgan fingerprint density at radius 3 is 2.59 bits per heavy atom. The van der Waals surface area contributed by atoms with Crippen LogP contribution in [0, 0.1) is 0 Å². The van der Waals surface area contributed by atoms with Crippen LogP contribution < -0.4 is 0 Å². The Kier molecular flexibility index (Phi) is 3.40. The maximum Gasteiger partial charge on any atom is 0.103 e. The second-order valence-electron chi connectivity index (χ2n) is 5.02. The van der Waals surface area contributed by atoms with Gasteiger partial charge in [0.2, 0.25) is 0 Å². The zero-order valence-electron chi connectivity index (χ0n) is 10.4. The molecule has 90 valence electrons. The lowest BCUT2D eigenvalue weighted by atomic mass is 10.2. The molecule has 0 radical (unpaired) electrons. The Balaban J connectivity index is 2.53. The number of rotatable bonds is 2.